The Bertz CT molecular complexity index is 991. The van der Waals surface area contributed by atoms with Crippen LogP contribution in [0.5, 0.6) is 0 Å². The Morgan fingerprint density at radius 1 is 1.09 bits per heavy atom. The largest absolute Gasteiger partial charge is 0.481 e. The lowest BCUT2D eigenvalue weighted by Crippen LogP contribution is -2.47. The lowest BCUT2D eigenvalue weighted by molar-refractivity contribution is -0.137. The molecule has 174 valence electrons. The predicted molar refractivity (Wildman–Crippen MR) is 124 cm³/mol. The number of benzene rings is 2. The molecule has 1 saturated heterocycles. The van der Waals surface area contributed by atoms with Crippen molar-refractivity contribution in [2.45, 2.75) is 44.6 Å². The molecule has 0 saturated carbocycles. The highest BCUT2D eigenvalue weighted by Crippen LogP contribution is 2.44. The fourth-order valence-electron chi connectivity index (χ4n) is 4.94. The average molecular weight is 451 g/mol. The topological polar surface area (TPSA) is 95.9 Å². The molecule has 33 heavy (non-hydrogen) atoms. The summed E-state index contributed by atoms with van der Waals surface area (Å²) in [6, 6.07) is 15.6. The van der Waals surface area contributed by atoms with Gasteiger partial charge in [-0.05, 0) is 47.4 Å². The quantitative estimate of drug-likeness (QED) is 0.633. The highest BCUT2D eigenvalue weighted by atomic mass is 16.5. The van der Waals surface area contributed by atoms with Gasteiger partial charge in [-0.1, -0.05) is 55.5 Å². The molecule has 1 unspecified atom stereocenters. The number of aliphatic carboxylic acids is 1. The van der Waals surface area contributed by atoms with Crippen LogP contribution < -0.4 is 5.32 Å². The van der Waals surface area contributed by atoms with E-state index >= 15 is 0 Å². The second-order valence-corrected chi connectivity index (χ2v) is 8.80. The molecule has 0 aromatic heterocycles. The molecule has 4 rings (SSSR count). The Labute approximate surface area is 193 Å². The molecule has 1 aliphatic carbocycles. The first-order valence-corrected chi connectivity index (χ1v) is 11.6. The molecule has 2 atom stereocenters. The highest BCUT2D eigenvalue weighted by Gasteiger charge is 2.32. The van der Waals surface area contributed by atoms with Crippen LogP contribution in [-0.2, 0) is 14.3 Å². The van der Waals surface area contributed by atoms with Gasteiger partial charge in [0.25, 0.3) is 0 Å². The molecule has 1 fully saturated rings. The number of rotatable bonds is 8. The van der Waals surface area contributed by atoms with E-state index in [0.29, 0.717) is 25.9 Å². The second-order valence-electron chi connectivity index (χ2n) is 8.80. The lowest BCUT2D eigenvalue weighted by atomic mass is 9.98. The molecule has 0 spiro atoms. The Morgan fingerprint density at radius 2 is 1.73 bits per heavy atom. The fourth-order valence-corrected chi connectivity index (χ4v) is 4.94. The van der Waals surface area contributed by atoms with Crippen molar-refractivity contribution >= 4 is 18.0 Å². The maximum absolute atomic E-state index is 12.9. The van der Waals surface area contributed by atoms with Crippen molar-refractivity contribution in [2.24, 2.45) is 5.92 Å². The van der Waals surface area contributed by atoms with Gasteiger partial charge in [0.15, 0.2) is 0 Å². The molecule has 2 N–H and O–H groups in total. The summed E-state index contributed by atoms with van der Waals surface area (Å²) in [4.78, 5) is 38.0. The summed E-state index contributed by atoms with van der Waals surface area (Å²) < 4.78 is 5.58. The first-order valence-electron chi connectivity index (χ1n) is 11.6. The summed E-state index contributed by atoms with van der Waals surface area (Å²) in [5.41, 5.74) is 4.60. The summed E-state index contributed by atoms with van der Waals surface area (Å²) in [5.74, 6) is -0.795. The molecule has 1 aliphatic heterocycles. The van der Waals surface area contributed by atoms with E-state index in [0.717, 1.165) is 28.7 Å². The van der Waals surface area contributed by atoms with E-state index in [4.69, 9.17) is 9.84 Å². The van der Waals surface area contributed by atoms with Crippen molar-refractivity contribution < 1.29 is 24.2 Å². The summed E-state index contributed by atoms with van der Waals surface area (Å²) in [6.45, 7) is 3.18. The van der Waals surface area contributed by atoms with Gasteiger partial charge in [0.2, 0.25) is 5.91 Å². The normalized spacial score (nSPS) is 17.8. The maximum atomic E-state index is 12.9. The summed E-state index contributed by atoms with van der Waals surface area (Å²) >= 11 is 0. The van der Waals surface area contributed by atoms with Gasteiger partial charge in [-0.15, -0.1) is 0 Å². The number of carbonyl (C=O) groups is 3. The number of nitrogens with one attached hydrogen (secondary N) is 1. The van der Waals surface area contributed by atoms with E-state index in [1.807, 2.05) is 31.2 Å². The Kier molecular flexibility index (Phi) is 6.96. The van der Waals surface area contributed by atoms with E-state index < -0.39 is 18.1 Å². The average Bonchev–Trinajstić information content (AvgIpc) is 3.42. The molecule has 2 aliphatic rings. The smallest absolute Gasteiger partial charge is 0.407 e. The number of carboxylic acids is 1. The van der Waals surface area contributed by atoms with E-state index in [9.17, 15) is 14.4 Å². The minimum atomic E-state index is -0.817. The number of fused-ring (bicyclic) bond motifs is 3. The standard InChI is InChI=1S/C26H30N2O5/c1-2-23(25(31)28-14-13-17(15-28)11-12-24(29)30)27-26(32)33-16-22-20-9-5-3-7-18(20)19-8-4-6-10-21(19)22/h3-10,17,22-23H,2,11-16H2,1H3,(H,27,32)(H,29,30)/t17?,23-/m1/s1. The predicted octanol–water partition coefficient (Wildman–Crippen LogP) is 4.02. The van der Waals surface area contributed by atoms with Gasteiger partial charge in [0.05, 0.1) is 0 Å². The van der Waals surface area contributed by atoms with Crippen LogP contribution in [0.3, 0.4) is 0 Å². The van der Waals surface area contributed by atoms with Crippen LogP contribution in [0.15, 0.2) is 48.5 Å². The molecular weight excluding hydrogens is 420 g/mol. The highest BCUT2D eigenvalue weighted by molar-refractivity contribution is 5.86. The third kappa shape index (κ3) is 5.02. The Morgan fingerprint density at radius 3 is 2.33 bits per heavy atom. The zero-order valence-corrected chi connectivity index (χ0v) is 18.8. The molecule has 7 heteroatoms. The van der Waals surface area contributed by atoms with Crippen molar-refractivity contribution in [3.8, 4) is 11.1 Å². The van der Waals surface area contributed by atoms with Gasteiger partial charge in [0.1, 0.15) is 12.6 Å². The summed E-state index contributed by atoms with van der Waals surface area (Å²) in [7, 11) is 0. The van der Waals surface area contributed by atoms with Gasteiger partial charge in [-0.25, -0.2) is 4.79 Å². The first-order chi connectivity index (χ1) is 16.0. The Hall–Kier alpha value is -3.35. The summed E-state index contributed by atoms with van der Waals surface area (Å²) in [5, 5.41) is 11.6. The molecule has 7 nitrogen and oxygen atoms in total. The zero-order valence-electron chi connectivity index (χ0n) is 18.8. The lowest BCUT2D eigenvalue weighted by Gasteiger charge is -2.24. The van der Waals surface area contributed by atoms with Crippen LogP contribution in [0, 0.1) is 5.92 Å². The molecule has 2 amide bonds. The third-order valence-electron chi connectivity index (χ3n) is 6.71. The minimum absolute atomic E-state index is 0.0347. The monoisotopic (exact) mass is 450 g/mol. The fraction of sp³-hybridized carbons (Fsp3) is 0.423. The second kappa shape index (κ2) is 10.1. The van der Waals surface area contributed by atoms with Crippen LogP contribution in [0.4, 0.5) is 4.79 Å². The molecule has 0 bridgehead atoms. The van der Waals surface area contributed by atoms with Gasteiger partial charge < -0.3 is 20.1 Å². The van der Waals surface area contributed by atoms with E-state index in [1.54, 1.807) is 4.90 Å². The van der Waals surface area contributed by atoms with Crippen molar-refractivity contribution in [1.82, 2.24) is 10.2 Å². The van der Waals surface area contributed by atoms with Gasteiger partial charge in [-0.3, -0.25) is 9.59 Å². The number of nitrogens with zero attached hydrogens (tertiary/aromatic N) is 1. The number of hydrogen-bond acceptors (Lipinski definition) is 4. The van der Waals surface area contributed by atoms with Crippen LogP contribution in [0.1, 0.15) is 49.7 Å². The first kappa shape index (κ1) is 22.8. The Balaban J connectivity index is 1.33. The maximum Gasteiger partial charge on any atom is 0.407 e. The molecule has 2 aromatic rings. The number of alkyl carbamates (subject to hydrolysis) is 1. The van der Waals surface area contributed by atoms with E-state index in [-0.39, 0.29) is 30.8 Å². The van der Waals surface area contributed by atoms with Crippen LogP contribution in [-0.4, -0.2) is 53.7 Å². The number of carboxylic acid groups (broad SMARTS) is 1. The van der Waals surface area contributed by atoms with Crippen LogP contribution in [0.2, 0.25) is 0 Å². The third-order valence-corrected chi connectivity index (χ3v) is 6.71. The molecular formula is C26H30N2O5. The van der Waals surface area contributed by atoms with Gasteiger partial charge in [-0.2, -0.15) is 0 Å². The van der Waals surface area contributed by atoms with Crippen LogP contribution >= 0.6 is 0 Å². The van der Waals surface area contributed by atoms with Crippen molar-refractivity contribution in [3.63, 3.8) is 0 Å². The van der Waals surface area contributed by atoms with Gasteiger partial charge >= 0.3 is 12.1 Å². The number of ether oxygens (including phenoxy) is 1. The number of hydrogen-bond donors (Lipinski definition) is 2. The van der Waals surface area contributed by atoms with Crippen LogP contribution in [0.25, 0.3) is 11.1 Å². The van der Waals surface area contributed by atoms with Crippen molar-refractivity contribution in [1.29, 1.82) is 0 Å². The van der Waals surface area contributed by atoms with Crippen molar-refractivity contribution in [3.05, 3.63) is 59.7 Å². The van der Waals surface area contributed by atoms with E-state index in [2.05, 4.69) is 29.6 Å². The zero-order chi connectivity index (χ0) is 23.4. The van der Waals surface area contributed by atoms with Gasteiger partial charge in [0, 0.05) is 25.4 Å². The van der Waals surface area contributed by atoms with Crippen molar-refractivity contribution in [2.75, 3.05) is 19.7 Å². The van der Waals surface area contributed by atoms with E-state index in [1.165, 1.54) is 0 Å². The number of likely N-dealkylation sites (tertiary alicyclic amines) is 1. The minimum Gasteiger partial charge on any atom is -0.481 e. The number of amides is 2. The molecule has 1 heterocycles. The molecule has 0 radical (unpaired) electrons. The summed E-state index contributed by atoms with van der Waals surface area (Å²) in [6.07, 6.45) is 1.33. The molecule has 2 aromatic carbocycles. The SMILES string of the molecule is CC[C@@H](NC(=O)OCC1c2ccccc2-c2ccccc21)C(=O)N1CCC(CCC(=O)O)C1. The number of carbonyl (C=O) groups excluding carboxylic acids is 2.